The van der Waals surface area contributed by atoms with Gasteiger partial charge < -0.3 is 20.5 Å². The highest BCUT2D eigenvalue weighted by molar-refractivity contribution is 5.89. The van der Waals surface area contributed by atoms with Crippen LogP contribution in [0.5, 0.6) is 0 Å². The van der Waals surface area contributed by atoms with Crippen molar-refractivity contribution in [3.05, 3.63) is 29.8 Å². The van der Waals surface area contributed by atoms with E-state index in [0.29, 0.717) is 11.3 Å². The van der Waals surface area contributed by atoms with E-state index in [4.69, 9.17) is 15.1 Å². The number of nitrogens with zero attached hydrogens (tertiary/aromatic N) is 1. The number of hydrogen-bond acceptors (Lipinski definition) is 4. The van der Waals surface area contributed by atoms with E-state index in [1.165, 1.54) is 0 Å². The number of aliphatic carboxylic acids is 1. The zero-order valence-electron chi connectivity index (χ0n) is 10.0. The van der Waals surface area contributed by atoms with Crippen LogP contribution in [0.4, 0.5) is 10.5 Å². The predicted molar refractivity (Wildman–Crippen MR) is 66.6 cm³/mol. The maximum Gasteiger partial charge on any atom is 0.329 e. The van der Waals surface area contributed by atoms with E-state index in [9.17, 15) is 9.59 Å². The summed E-state index contributed by atoms with van der Waals surface area (Å²) in [7, 11) is 0. The Morgan fingerprint density at radius 2 is 2.00 bits per heavy atom. The molecular weight excluding hydrogens is 250 g/mol. The first kappa shape index (κ1) is 14.5. The Hall–Kier alpha value is -2.59. The molecule has 100 valence electrons. The van der Waals surface area contributed by atoms with E-state index >= 15 is 0 Å². The number of benzene rings is 1. The molecule has 0 aliphatic rings. The zero-order valence-corrected chi connectivity index (χ0v) is 10.0. The standard InChI is InChI=1S/C12H13N3O4/c13-7-9-1-3-10(4-2-9)15-12(18)14-5-6-19-8-11(16)17/h1-4H,5-6,8H2,(H,16,17)(H2,14,15,18). The minimum atomic E-state index is -1.05. The van der Waals surface area contributed by atoms with E-state index in [-0.39, 0.29) is 19.8 Å². The van der Waals surface area contributed by atoms with Crippen molar-refractivity contribution >= 4 is 17.7 Å². The predicted octanol–water partition coefficient (Wildman–Crippen LogP) is 0.781. The average molecular weight is 263 g/mol. The fraction of sp³-hybridized carbons (Fsp3) is 0.250. The molecule has 0 aliphatic carbocycles. The van der Waals surface area contributed by atoms with Crippen molar-refractivity contribution in [3.8, 4) is 6.07 Å². The molecule has 1 aromatic rings. The van der Waals surface area contributed by atoms with E-state index in [2.05, 4.69) is 10.6 Å². The van der Waals surface area contributed by atoms with Gasteiger partial charge in [0.2, 0.25) is 0 Å². The summed E-state index contributed by atoms with van der Waals surface area (Å²) in [4.78, 5) is 21.5. The Kier molecular flexibility index (Phi) is 5.85. The summed E-state index contributed by atoms with van der Waals surface area (Å²) in [5.41, 5.74) is 1.07. The van der Waals surface area contributed by atoms with Gasteiger partial charge in [-0.05, 0) is 24.3 Å². The number of rotatable bonds is 6. The van der Waals surface area contributed by atoms with Crippen LogP contribution in [0.15, 0.2) is 24.3 Å². The van der Waals surface area contributed by atoms with Crippen LogP contribution in [0.2, 0.25) is 0 Å². The summed E-state index contributed by atoms with van der Waals surface area (Å²) in [5.74, 6) is -1.05. The number of carbonyl (C=O) groups excluding carboxylic acids is 1. The van der Waals surface area contributed by atoms with E-state index < -0.39 is 12.0 Å². The van der Waals surface area contributed by atoms with E-state index in [0.717, 1.165) is 0 Å². The third kappa shape index (κ3) is 6.05. The van der Waals surface area contributed by atoms with Crippen LogP contribution in [0.25, 0.3) is 0 Å². The monoisotopic (exact) mass is 263 g/mol. The first-order chi connectivity index (χ1) is 9.11. The number of ether oxygens (including phenoxy) is 1. The second kappa shape index (κ2) is 7.68. The third-order valence-corrected chi connectivity index (χ3v) is 2.03. The molecule has 0 aromatic heterocycles. The summed E-state index contributed by atoms with van der Waals surface area (Å²) < 4.78 is 4.75. The molecule has 0 unspecified atom stereocenters. The van der Waals surface area contributed by atoms with Gasteiger partial charge in [-0.25, -0.2) is 9.59 Å². The molecule has 0 atom stereocenters. The Labute approximate surface area is 109 Å². The minimum Gasteiger partial charge on any atom is -0.480 e. The summed E-state index contributed by atoms with van der Waals surface area (Å²) in [6, 6.07) is 7.94. The molecule has 0 bridgehead atoms. The van der Waals surface area contributed by atoms with Crippen molar-refractivity contribution in [2.24, 2.45) is 0 Å². The number of carboxylic acids is 1. The lowest BCUT2D eigenvalue weighted by molar-refractivity contribution is -0.142. The third-order valence-electron chi connectivity index (χ3n) is 2.03. The van der Waals surface area contributed by atoms with Crippen LogP contribution in [-0.2, 0) is 9.53 Å². The molecular formula is C12H13N3O4. The number of urea groups is 1. The number of nitrogens with one attached hydrogen (secondary N) is 2. The van der Waals surface area contributed by atoms with Gasteiger partial charge >= 0.3 is 12.0 Å². The summed E-state index contributed by atoms with van der Waals surface area (Å²) in [6.45, 7) is -0.0681. The SMILES string of the molecule is N#Cc1ccc(NC(=O)NCCOCC(=O)O)cc1. The molecule has 0 saturated carbocycles. The summed E-state index contributed by atoms with van der Waals surface area (Å²) in [6.07, 6.45) is 0. The largest absolute Gasteiger partial charge is 0.480 e. The lowest BCUT2D eigenvalue weighted by Gasteiger charge is -2.07. The number of amides is 2. The zero-order chi connectivity index (χ0) is 14.1. The first-order valence-corrected chi connectivity index (χ1v) is 5.46. The lowest BCUT2D eigenvalue weighted by Crippen LogP contribution is -2.31. The van der Waals surface area contributed by atoms with Gasteiger partial charge in [0.1, 0.15) is 6.61 Å². The van der Waals surface area contributed by atoms with Crippen LogP contribution in [0.3, 0.4) is 0 Å². The molecule has 3 N–H and O–H groups in total. The van der Waals surface area contributed by atoms with Crippen molar-refractivity contribution in [1.29, 1.82) is 5.26 Å². The molecule has 2 amide bonds. The quantitative estimate of drug-likeness (QED) is 0.657. The van der Waals surface area contributed by atoms with Crippen LogP contribution in [0, 0.1) is 11.3 Å². The molecule has 19 heavy (non-hydrogen) atoms. The smallest absolute Gasteiger partial charge is 0.329 e. The maximum atomic E-state index is 11.4. The van der Waals surface area contributed by atoms with Gasteiger partial charge in [0.15, 0.2) is 0 Å². The van der Waals surface area contributed by atoms with Crippen molar-refractivity contribution in [3.63, 3.8) is 0 Å². The topological polar surface area (TPSA) is 111 Å². The Morgan fingerprint density at radius 3 is 2.58 bits per heavy atom. The first-order valence-electron chi connectivity index (χ1n) is 5.46. The number of nitriles is 1. The van der Waals surface area contributed by atoms with Crippen molar-refractivity contribution < 1.29 is 19.4 Å². The number of carboxylic acid groups (broad SMARTS) is 1. The van der Waals surface area contributed by atoms with Gasteiger partial charge in [-0.15, -0.1) is 0 Å². The molecule has 1 rings (SSSR count). The summed E-state index contributed by atoms with van der Waals surface area (Å²) >= 11 is 0. The Morgan fingerprint density at radius 1 is 1.32 bits per heavy atom. The van der Waals surface area contributed by atoms with Crippen LogP contribution in [-0.4, -0.2) is 36.9 Å². The van der Waals surface area contributed by atoms with Gasteiger partial charge in [0.05, 0.1) is 18.2 Å². The maximum absolute atomic E-state index is 11.4. The minimum absolute atomic E-state index is 0.118. The van der Waals surface area contributed by atoms with Crippen LogP contribution < -0.4 is 10.6 Å². The van der Waals surface area contributed by atoms with Gasteiger partial charge in [-0.1, -0.05) is 0 Å². The molecule has 7 heteroatoms. The molecule has 0 heterocycles. The van der Waals surface area contributed by atoms with Gasteiger partial charge in [0.25, 0.3) is 0 Å². The highest BCUT2D eigenvalue weighted by atomic mass is 16.5. The van der Waals surface area contributed by atoms with Gasteiger partial charge in [-0.2, -0.15) is 5.26 Å². The molecule has 0 fully saturated rings. The van der Waals surface area contributed by atoms with Crippen molar-refractivity contribution in [1.82, 2.24) is 5.32 Å². The molecule has 0 radical (unpaired) electrons. The second-order valence-corrected chi connectivity index (χ2v) is 3.52. The Bertz CT molecular complexity index is 479. The molecule has 0 aliphatic heterocycles. The fourth-order valence-electron chi connectivity index (χ4n) is 1.20. The van der Waals surface area contributed by atoms with Crippen molar-refractivity contribution in [2.75, 3.05) is 25.1 Å². The highest BCUT2D eigenvalue weighted by Crippen LogP contribution is 2.08. The molecule has 0 spiro atoms. The number of carbonyl (C=O) groups is 2. The normalized spacial score (nSPS) is 9.42. The Balaban J connectivity index is 2.23. The molecule has 0 saturated heterocycles. The highest BCUT2D eigenvalue weighted by Gasteiger charge is 2.01. The van der Waals surface area contributed by atoms with Gasteiger partial charge in [-0.3, -0.25) is 0 Å². The second-order valence-electron chi connectivity index (χ2n) is 3.52. The van der Waals surface area contributed by atoms with E-state index in [1.807, 2.05) is 6.07 Å². The summed E-state index contributed by atoms with van der Waals surface area (Å²) in [5, 5.41) is 22.0. The molecule has 1 aromatic carbocycles. The average Bonchev–Trinajstić information content (AvgIpc) is 2.39. The number of anilines is 1. The molecule has 7 nitrogen and oxygen atoms in total. The van der Waals surface area contributed by atoms with Gasteiger partial charge in [0, 0.05) is 12.2 Å². The fourth-order valence-corrected chi connectivity index (χ4v) is 1.20. The van der Waals surface area contributed by atoms with E-state index in [1.54, 1.807) is 24.3 Å². The number of hydrogen-bond donors (Lipinski definition) is 3. The van der Waals surface area contributed by atoms with Crippen molar-refractivity contribution in [2.45, 2.75) is 0 Å². The van der Waals surface area contributed by atoms with Crippen LogP contribution in [0.1, 0.15) is 5.56 Å². The lowest BCUT2D eigenvalue weighted by atomic mass is 10.2. The van der Waals surface area contributed by atoms with Crippen LogP contribution >= 0.6 is 0 Å².